The number of halogens is 1. The lowest BCUT2D eigenvalue weighted by molar-refractivity contribution is 0.350. The first-order valence-electron chi connectivity index (χ1n) is 6.02. The molecule has 1 aliphatic rings. The molecule has 0 aromatic heterocycles. The summed E-state index contributed by atoms with van der Waals surface area (Å²) < 4.78 is 1.19. The van der Waals surface area contributed by atoms with E-state index in [0.717, 1.165) is 0 Å². The Labute approximate surface area is 107 Å². The van der Waals surface area contributed by atoms with Gasteiger partial charge in [0.25, 0.3) is 0 Å². The zero-order valence-corrected chi connectivity index (χ0v) is 11.9. The largest absolute Gasteiger partial charge is 0.382 e. The molecule has 0 spiro atoms. The quantitative estimate of drug-likeness (QED) is 0.825. The van der Waals surface area contributed by atoms with Crippen LogP contribution >= 0.6 is 15.9 Å². The summed E-state index contributed by atoms with van der Waals surface area (Å²) in [7, 11) is 0. The monoisotopic (exact) mass is 281 g/mol. The van der Waals surface area contributed by atoms with Crippen LogP contribution in [0.25, 0.3) is 0 Å². The van der Waals surface area contributed by atoms with Gasteiger partial charge in [0.05, 0.1) is 0 Å². The zero-order valence-electron chi connectivity index (χ0n) is 10.3. The predicted molar refractivity (Wildman–Crippen MR) is 73.9 cm³/mol. The lowest BCUT2D eigenvalue weighted by Gasteiger charge is -2.29. The molecule has 1 aromatic rings. The Morgan fingerprint density at radius 3 is 2.75 bits per heavy atom. The molecular weight excluding hydrogens is 262 g/mol. The third-order valence-corrected chi connectivity index (χ3v) is 4.71. The highest BCUT2D eigenvalue weighted by Gasteiger charge is 2.34. The molecule has 0 saturated heterocycles. The first-order chi connectivity index (χ1) is 7.50. The zero-order chi connectivity index (χ0) is 11.8. The molecule has 1 unspecified atom stereocenters. The fourth-order valence-corrected chi connectivity index (χ4v) is 2.91. The van der Waals surface area contributed by atoms with Crippen LogP contribution < -0.4 is 5.32 Å². The topological polar surface area (TPSA) is 12.0 Å². The summed E-state index contributed by atoms with van der Waals surface area (Å²) in [5.74, 6) is 0. The van der Waals surface area contributed by atoms with Gasteiger partial charge in [0, 0.05) is 16.2 Å². The Kier molecular flexibility index (Phi) is 3.29. The minimum absolute atomic E-state index is 0.425. The van der Waals surface area contributed by atoms with Crippen LogP contribution in [0.4, 0.5) is 5.69 Å². The lowest BCUT2D eigenvalue weighted by atomic mass is 9.87. The molecule has 1 aromatic carbocycles. The Hall–Kier alpha value is -0.500. The first kappa shape index (κ1) is 12.0. The molecule has 1 nitrogen and oxygen atoms in total. The summed E-state index contributed by atoms with van der Waals surface area (Å²) >= 11 is 3.58. The van der Waals surface area contributed by atoms with Gasteiger partial charge < -0.3 is 5.32 Å². The third kappa shape index (κ3) is 2.27. The lowest BCUT2D eigenvalue weighted by Crippen LogP contribution is -2.31. The summed E-state index contributed by atoms with van der Waals surface area (Å²) in [6.07, 6.45) is 3.97. The van der Waals surface area contributed by atoms with E-state index in [0.29, 0.717) is 11.5 Å². The van der Waals surface area contributed by atoms with Crippen LogP contribution in [-0.2, 0) is 0 Å². The maximum atomic E-state index is 3.71. The van der Waals surface area contributed by atoms with Crippen molar-refractivity contribution in [1.82, 2.24) is 0 Å². The Morgan fingerprint density at radius 1 is 1.38 bits per heavy atom. The van der Waals surface area contributed by atoms with E-state index in [2.05, 4.69) is 60.2 Å². The van der Waals surface area contributed by atoms with Crippen molar-refractivity contribution in [1.29, 1.82) is 0 Å². The molecule has 1 aliphatic carbocycles. The van der Waals surface area contributed by atoms with Crippen molar-refractivity contribution in [2.45, 2.75) is 46.1 Å². The molecule has 0 bridgehead atoms. The van der Waals surface area contributed by atoms with E-state index in [1.54, 1.807) is 0 Å². The number of rotatable bonds is 2. The van der Waals surface area contributed by atoms with Gasteiger partial charge in [-0.3, -0.25) is 0 Å². The average molecular weight is 282 g/mol. The van der Waals surface area contributed by atoms with Crippen LogP contribution in [0.3, 0.4) is 0 Å². The van der Waals surface area contributed by atoms with Gasteiger partial charge in [-0.25, -0.2) is 0 Å². The van der Waals surface area contributed by atoms with Gasteiger partial charge in [-0.15, -0.1) is 0 Å². The van der Waals surface area contributed by atoms with Crippen LogP contribution in [0.2, 0.25) is 0 Å². The van der Waals surface area contributed by atoms with E-state index in [1.165, 1.54) is 35.0 Å². The van der Waals surface area contributed by atoms with Crippen molar-refractivity contribution < 1.29 is 0 Å². The molecule has 16 heavy (non-hydrogen) atoms. The van der Waals surface area contributed by atoms with Gasteiger partial charge in [0.15, 0.2) is 0 Å². The predicted octanol–water partition coefficient (Wildman–Crippen LogP) is 4.75. The van der Waals surface area contributed by atoms with Gasteiger partial charge in [-0.05, 0) is 42.9 Å². The number of nitrogens with one attached hydrogen (secondary N) is 1. The minimum atomic E-state index is 0.425. The second kappa shape index (κ2) is 4.40. The number of benzene rings is 1. The van der Waals surface area contributed by atoms with Crippen molar-refractivity contribution in [3.05, 3.63) is 28.2 Å². The number of hydrogen-bond donors (Lipinski definition) is 1. The van der Waals surface area contributed by atoms with Crippen LogP contribution in [0.1, 0.15) is 38.7 Å². The van der Waals surface area contributed by atoms with Gasteiger partial charge in [0.1, 0.15) is 0 Å². The van der Waals surface area contributed by atoms with E-state index in [9.17, 15) is 0 Å². The molecule has 2 heteroatoms. The molecule has 1 N–H and O–H groups in total. The number of anilines is 1. The molecule has 88 valence electrons. The summed E-state index contributed by atoms with van der Waals surface area (Å²) in [6.45, 7) is 6.89. The fourth-order valence-electron chi connectivity index (χ4n) is 2.55. The molecule has 0 heterocycles. The smallest absolute Gasteiger partial charge is 0.0383 e. The van der Waals surface area contributed by atoms with E-state index >= 15 is 0 Å². The van der Waals surface area contributed by atoms with Gasteiger partial charge in [-0.2, -0.15) is 0 Å². The van der Waals surface area contributed by atoms with Crippen LogP contribution in [0.5, 0.6) is 0 Å². The van der Waals surface area contributed by atoms with Crippen molar-refractivity contribution >= 4 is 21.6 Å². The first-order valence-corrected chi connectivity index (χ1v) is 6.82. The van der Waals surface area contributed by atoms with E-state index in [1.807, 2.05) is 0 Å². The maximum Gasteiger partial charge on any atom is 0.0383 e. The molecule has 1 saturated carbocycles. The average Bonchev–Trinajstić information content (AvgIpc) is 2.54. The van der Waals surface area contributed by atoms with Gasteiger partial charge in [0.2, 0.25) is 0 Å². The summed E-state index contributed by atoms with van der Waals surface area (Å²) in [5.41, 5.74) is 3.01. The Morgan fingerprint density at radius 2 is 2.12 bits per heavy atom. The molecule has 2 rings (SSSR count). The van der Waals surface area contributed by atoms with Crippen LogP contribution in [0.15, 0.2) is 22.7 Å². The molecule has 1 atom stereocenters. The maximum absolute atomic E-state index is 3.71. The standard InChI is InChI=1S/C14H20BrN/c1-10-11(15)6-4-7-12(10)16-13-8-5-9-14(13,2)3/h4,6-7,13,16H,5,8-9H2,1-3H3. The fraction of sp³-hybridized carbons (Fsp3) is 0.571. The molecule has 1 fully saturated rings. The minimum Gasteiger partial charge on any atom is -0.382 e. The van der Waals surface area contributed by atoms with Crippen LogP contribution in [-0.4, -0.2) is 6.04 Å². The Bertz CT molecular complexity index is 384. The molecule has 0 radical (unpaired) electrons. The van der Waals surface area contributed by atoms with Crippen molar-refractivity contribution in [3.8, 4) is 0 Å². The second-order valence-corrected chi connectivity index (χ2v) is 6.34. The van der Waals surface area contributed by atoms with E-state index in [-0.39, 0.29) is 0 Å². The number of hydrogen-bond acceptors (Lipinski definition) is 1. The molecule has 0 amide bonds. The summed E-state index contributed by atoms with van der Waals surface area (Å²) in [6, 6.07) is 6.98. The van der Waals surface area contributed by atoms with E-state index < -0.39 is 0 Å². The second-order valence-electron chi connectivity index (χ2n) is 5.49. The van der Waals surface area contributed by atoms with Crippen molar-refractivity contribution in [3.63, 3.8) is 0 Å². The third-order valence-electron chi connectivity index (χ3n) is 3.85. The van der Waals surface area contributed by atoms with Crippen molar-refractivity contribution in [2.24, 2.45) is 5.41 Å². The van der Waals surface area contributed by atoms with Crippen molar-refractivity contribution in [2.75, 3.05) is 5.32 Å². The molecular formula is C14H20BrN. The van der Waals surface area contributed by atoms with E-state index in [4.69, 9.17) is 0 Å². The summed E-state index contributed by atoms with van der Waals surface area (Å²) in [4.78, 5) is 0. The van der Waals surface area contributed by atoms with Gasteiger partial charge in [-0.1, -0.05) is 42.3 Å². The highest BCUT2D eigenvalue weighted by atomic mass is 79.9. The Balaban J connectivity index is 2.18. The van der Waals surface area contributed by atoms with Gasteiger partial charge >= 0.3 is 0 Å². The highest BCUT2D eigenvalue weighted by Crippen LogP contribution is 2.39. The molecule has 0 aliphatic heterocycles. The highest BCUT2D eigenvalue weighted by molar-refractivity contribution is 9.10. The van der Waals surface area contributed by atoms with Crippen LogP contribution in [0, 0.1) is 12.3 Å². The normalized spacial score (nSPS) is 23.4. The summed E-state index contributed by atoms with van der Waals surface area (Å²) in [5, 5.41) is 3.71. The SMILES string of the molecule is Cc1c(Br)cccc1NC1CCCC1(C)C.